The highest BCUT2D eigenvalue weighted by atomic mass is 16.5. The first-order valence-electron chi connectivity index (χ1n) is 8.71. The van der Waals surface area contributed by atoms with E-state index in [0.717, 1.165) is 24.2 Å². The van der Waals surface area contributed by atoms with Gasteiger partial charge in [0.25, 0.3) is 5.91 Å². The number of aromatic nitrogens is 2. The average Bonchev–Trinajstić information content (AvgIpc) is 2.61. The Labute approximate surface area is 154 Å². The topological polar surface area (TPSA) is 70.6 Å². The Morgan fingerprint density at radius 2 is 1.81 bits per heavy atom. The number of hydrogen-bond donors (Lipinski definition) is 1. The first-order valence-corrected chi connectivity index (χ1v) is 8.71. The van der Waals surface area contributed by atoms with Gasteiger partial charge in [-0.05, 0) is 26.0 Å². The Kier molecular flexibility index (Phi) is 5.37. The first kappa shape index (κ1) is 18.1. The second-order valence-corrected chi connectivity index (χ2v) is 6.73. The molecule has 0 atom stereocenters. The molecule has 7 nitrogen and oxygen atoms in total. The van der Waals surface area contributed by atoms with E-state index in [1.807, 2.05) is 51.0 Å². The maximum Gasteiger partial charge on any atom is 0.255 e. The van der Waals surface area contributed by atoms with Crippen molar-refractivity contribution in [2.75, 3.05) is 55.5 Å². The van der Waals surface area contributed by atoms with E-state index in [0.29, 0.717) is 36.2 Å². The van der Waals surface area contributed by atoms with Crippen LogP contribution < -0.4 is 15.1 Å². The number of rotatable bonds is 4. The lowest BCUT2D eigenvalue weighted by molar-refractivity contribution is 0.102. The molecule has 0 unspecified atom stereocenters. The van der Waals surface area contributed by atoms with Gasteiger partial charge in [0.2, 0.25) is 5.95 Å². The third kappa shape index (κ3) is 4.11. The molecule has 1 N–H and O–H groups in total. The normalized spacial score (nSPS) is 14.2. The van der Waals surface area contributed by atoms with Crippen molar-refractivity contribution in [3.05, 3.63) is 41.1 Å². The largest absolute Gasteiger partial charge is 0.378 e. The number of benzene rings is 1. The minimum absolute atomic E-state index is 0.164. The highest BCUT2D eigenvalue weighted by Crippen LogP contribution is 2.25. The molecule has 0 radical (unpaired) electrons. The van der Waals surface area contributed by atoms with Crippen LogP contribution in [0.1, 0.15) is 21.5 Å². The predicted octanol–water partition coefficient (Wildman–Crippen LogP) is 2.25. The lowest BCUT2D eigenvalue weighted by Gasteiger charge is -2.28. The van der Waals surface area contributed by atoms with Crippen LogP contribution in [-0.4, -0.2) is 56.3 Å². The number of anilines is 3. The Bertz CT molecular complexity index is 780. The van der Waals surface area contributed by atoms with Gasteiger partial charge in [-0.2, -0.15) is 4.98 Å². The molecule has 1 amide bonds. The van der Waals surface area contributed by atoms with Crippen LogP contribution in [0.5, 0.6) is 0 Å². The molecule has 1 saturated heterocycles. The smallest absolute Gasteiger partial charge is 0.255 e. The quantitative estimate of drug-likeness (QED) is 0.907. The second kappa shape index (κ2) is 7.70. The van der Waals surface area contributed by atoms with Crippen LogP contribution in [0.4, 0.5) is 17.5 Å². The van der Waals surface area contributed by atoms with E-state index in [1.54, 1.807) is 6.20 Å². The van der Waals surface area contributed by atoms with Crippen molar-refractivity contribution < 1.29 is 9.53 Å². The van der Waals surface area contributed by atoms with Gasteiger partial charge < -0.3 is 19.9 Å². The van der Waals surface area contributed by atoms with Crippen molar-refractivity contribution in [3.63, 3.8) is 0 Å². The summed E-state index contributed by atoms with van der Waals surface area (Å²) in [5, 5.41) is 2.94. The van der Waals surface area contributed by atoms with Crippen molar-refractivity contribution in [2.24, 2.45) is 0 Å². The summed E-state index contributed by atoms with van der Waals surface area (Å²) in [6.07, 6.45) is 1.67. The highest BCUT2D eigenvalue weighted by Gasteiger charge is 2.18. The second-order valence-electron chi connectivity index (χ2n) is 6.73. The molecule has 0 aliphatic carbocycles. The summed E-state index contributed by atoms with van der Waals surface area (Å²) in [5.41, 5.74) is 3.34. The van der Waals surface area contributed by atoms with E-state index in [1.165, 1.54) is 0 Å². The van der Waals surface area contributed by atoms with Gasteiger partial charge in [0.15, 0.2) is 5.82 Å². The van der Waals surface area contributed by atoms with E-state index >= 15 is 0 Å². The van der Waals surface area contributed by atoms with Crippen molar-refractivity contribution >= 4 is 23.4 Å². The molecule has 3 rings (SSSR count). The van der Waals surface area contributed by atoms with Crippen LogP contribution in [0.3, 0.4) is 0 Å². The molecule has 0 saturated carbocycles. The third-order valence-corrected chi connectivity index (χ3v) is 4.21. The van der Waals surface area contributed by atoms with Gasteiger partial charge >= 0.3 is 0 Å². The van der Waals surface area contributed by atoms with Gasteiger partial charge in [-0.1, -0.05) is 17.2 Å². The summed E-state index contributed by atoms with van der Waals surface area (Å²) in [6, 6.07) is 5.80. The monoisotopic (exact) mass is 355 g/mol. The maximum absolute atomic E-state index is 12.7. The molecule has 0 spiro atoms. The minimum atomic E-state index is -0.164. The lowest BCUT2D eigenvalue weighted by atomic mass is 10.1. The third-order valence-electron chi connectivity index (χ3n) is 4.21. The first-order chi connectivity index (χ1) is 12.4. The van der Waals surface area contributed by atoms with Gasteiger partial charge in [-0.15, -0.1) is 0 Å². The summed E-state index contributed by atoms with van der Waals surface area (Å²) in [5.74, 6) is 1.17. The Morgan fingerprint density at radius 3 is 2.42 bits per heavy atom. The maximum atomic E-state index is 12.7. The summed E-state index contributed by atoms with van der Waals surface area (Å²) >= 11 is 0. The van der Waals surface area contributed by atoms with Crippen LogP contribution >= 0.6 is 0 Å². The van der Waals surface area contributed by atoms with Gasteiger partial charge in [0, 0.05) is 32.7 Å². The lowest BCUT2D eigenvalue weighted by Crippen LogP contribution is -2.37. The van der Waals surface area contributed by atoms with Crippen molar-refractivity contribution in [1.29, 1.82) is 0 Å². The molecule has 1 aromatic carbocycles. The number of nitrogens with one attached hydrogen (secondary N) is 1. The van der Waals surface area contributed by atoms with E-state index in [-0.39, 0.29) is 5.91 Å². The standard InChI is InChI=1S/C19H25N5O2/c1-13-9-14(2)11-15(10-13)18(25)21-16-12-20-19(22-17(16)23(3)4)24-5-7-26-8-6-24/h9-12H,5-8H2,1-4H3,(H,21,25). The Morgan fingerprint density at radius 1 is 1.15 bits per heavy atom. The number of hydrogen-bond acceptors (Lipinski definition) is 6. The molecule has 7 heteroatoms. The number of carbonyl (C=O) groups is 1. The zero-order valence-electron chi connectivity index (χ0n) is 15.7. The van der Waals surface area contributed by atoms with Gasteiger partial charge in [0.1, 0.15) is 5.69 Å². The SMILES string of the molecule is Cc1cc(C)cc(C(=O)Nc2cnc(N3CCOCC3)nc2N(C)C)c1. The average molecular weight is 355 g/mol. The molecule has 1 aliphatic heterocycles. The molecule has 1 aliphatic rings. The van der Waals surface area contributed by atoms with Gasteiger partial charge in [-0.3, -0.25) is 4.79 Å². The zero-order chi connectivity index (χ0) is 18.7. The summed E-state index contributed by atoms with van der Waals surface area (Å²) in [6.45, 7) is 6.84. The van der Waals surface area contributed by atoms with Crippen LogP contribution in [0.2, 0.25) is 0 Å². The molecule has 0 bridgehead atoms. The summed E-state index contributed by atoms with van der Waals surface area (Å²) in [4.78, 5) is 25.7. The van der Waals surface area contributed by atoms with Crippen molar-refractivity contribution in [2.45, 2.75) is 13.8 Å². The van der Waals surface area contributed by atoms with Crippen LogP contribution in [-0.2, 0) is 4.74 Å². The number of carbonyl (C=O) groups excluding carboxylic acids is 1. The highest BCUT2D eigenvalue weighted by molar-refractivity contribution is 6.05. The minimum Gasteiger partial charge on any atom is -0.378 e. The van der Waals surface area contributed by atoms with Crippen molar-refractivity contribution in [1.82, 2.24) is 9.97 Å². The predicted molar refractivity (Wildman–Crippen MR) is 103 cm³/mol. The molecule has 138 valence electrons. The number of ether oxygens (including phenoxy) is 1. The molecule has 1 aromatic heterocycles. The van der Waals surface area contributed by atoms with Crippen LogP contribution in [0, 0.1) is 13.8 Å². The molecule has 26 heavy (non-hydrogen) atoms. The van der Waals surface area contributed by atoms with Crippen LogP contribution in [0.25, 0.3) is 0 Å². The van der Waals surface area contributed by atoms with E-state index in [2.05, 4.69) is 20.2 Å². The number of amides is 1. The molecular weight excluding hydrogens is 330 g/mol. The molecule has 2 aromatic rings. The fourth-order valence-electron chi connectivity index (χ4n) is 3.01. The molecule has 1 fully saturated rings. The molecular formula is C19H25N5O2. The zero-order valence-corrected chi connectivity index (χ0v) is 15.7. The van der Waals surface area contributed by atoms with E-state index in [9.17, 15) is 4.79 Å². The van der Waals surface area contributed by atoms with Crippen LogP contribution in [0.15, 0.2) is 24.4 Å². The fraction of sp³-hybridized carbons (Fsp3) is 0.421. The van der Waals surface area contributed by atoms with E-state index < -0.39 is 0 Å². The van der Waals surface area contributed by atoms with Crippen molar-refractivity contribution in [3.8, 4) is 0 Å². The fourth-order valence-corrected chi connectivity index (χ4v) is 3.01. The Hall–Kier alpha value is -2.67. The Balaban J connectivity index is 1.85. The molecule has 2 heterocycles. The number of nitrogens with zero attached hydrogens (tertiary/aromatic N) is 4. The summed E-state index contributed by atoms with van der Waals surface area (Å²) in [7, 11) is 3.80. The van der Waals surface area contributed by atoms with E-state index in [4.69, 9.17) is 4.74 Å². The number of aryl methyl sites for hydroxylation is 2. The van der Waals surface area contributed by atoms with Gasteiger partial charge in [-0.25, -0.2) is 4.98 Å². The number of morpholine rings is 1. The van der Waals surface area contributed by atoms with Gasteiger partial charge in [0.05, 0.1) is 19.4 Å². The summed E-state index contributed by atoms with van der Waals surface area (Å²) < 4.78 is 5.38.